The summed E-state index contributed by atoms with van der Waals surface area (Å²) in [7, 11) is 1.43. The topological polar surface area (TPSA) is 64.3 Å². The molecule has 1 amide bonds. The fraction of sp³-hybridized carbons (Fsp3) is 0.333. The summed E-state index contributed by atoms with van der Waals surface area (Å²) < 4.78 is 18.5. The molecule has 1 unspecified atom stereocenters. The molecule has 1 aromatic rings. The van der Waals surface area contributed by atoms with E-state index in [-0.39, 0.29) is 17.4 Å². The molecule has 4 nitrogen and oxygen atoms in total. The van der Waals surface area contributed by atoms with Crippen LogP contribution in [-0.4, -0.2) is 24.1 Å². The van der Waals surface area contributed by atoms with Gasteiger partial charge in [-0.2, -0.15) is 0 Å². The van der Waals surface area contributed by atoms with Gasteiger partial charge in [-0.05, 0) is 13.0 Å². The molecule has 1 aromatic carbocycles. The average molecular weight is 270 g/mol. The summed E-state index contributed by atoms with van der Waals surface area (Å²) in [5.74, 6) is -0.749. The average Bonchev–Trinajstić information content (AvgIpc) is 2.35. The minimum absolute atomic E-state index is 0.0932. The van der Waals surface area contributed by atoms with Crippen LogP contribution in [0.4, 0.5) is 4.39 Å². The Balaban J connectivity index is 2.69. The van der Waals surface area contributed by atoms with Crippen molar-refractivity contribution in [3.8, 4) is 0 Å². The Labute approximate surface area is 110 Å². The largest absolute Gasteiger partial charge is 0.389 e. The van der Waals surface area contributed by atoms with Gasteiger partial charge in [-0.1, -0.05) is 24.4 Å². The van der Waals surface area contributed by atoms with Gasteiger partial charge in [-0.15, -0.1) is 0 Å². The predicted molar refractivity (Wildman–Crippen MR) is 70.6 cm³/mol. The van der Waals surface area contributed by atoms with Crippen LogP contribution in [-0.2, 0) is 16.1 Å². The lowest BCUT2D eigenvalue weighted by atomic mass is 10.1. The number of benzene rings is 1. The summed E-state index contributed by atoms with van der Waals surface area (Å²) >= 11 is 4.75. The number of halogens is 1. The second kappa shape index (κ2) is 6.42. The van der Waals surface area contributed by atoms with E-state index in [1.54, 1.807) is 19.1 Å². The second-order valence-corrected chi connectivity index (χ2v) is 4.21. The summed E-state index contributed by atoms with van der Waals surface area (Å²) in [6, 6.07) is 4.41. The molecule has 0 bridgehead atoms. The lowest BCUT2D eigenvalue weighted by Crippen LogP contribution is -2.33. The van der Waals surface area contributed by atoms with Crippen LogP contribution in [0.25, 0.3) is 0 Å². The number of hydrogen-bond acceptors (Lipinski definition) is 3. The Morgan fingerprint density at radius 1 is 1.61 bits per heavy atom. The molecule has 1 rings (SSSR count). The first kappa shape index (κ1) is 14.5. The number of rotatable bonds is 5. The zero-order chi connectivity index (χ0) is 13.7. The van der Waals surface area contributed by atoms with Crippen molar-refractivity contribution in [2.24, 2.45) is 5.73 Å². The molecule has 0 saturated heterocycles. The highest BCUT2D eigenvalue weighted by molar-refractivity contribution is 7.80. The number of carbonyl (C=O) groups is 1. The molecule has 0 aliphatic heterocycles. The smallest absolute Gasteiger partial charge is 0.249 e. The van der Waals surface area contributed by atoms with Crippen molar-refractivity contribution < 1.29 is 13.9 Å². The zero-order valence-corrected chi connectivity index (χ0v) is 11.0. The van der Waals surface area contributed by atoms with Crippen molar-refractivity contribution in [2.45, 2.75) is 19.6 Å². The molecular formula is C12H15FN2O2S. The number of methoxy groups -OCH3 is 1. The van der Waals surface area contributed by atoms with Gasteiger partial charge in [0.15, 0.2) is 0 Å². The predicted octanol–water partition coefficient (Wildman–Crippen LogP) is 1.11. The van der Waals surface area contributed by atoms with Crippen LogP contribution in [0.1, 0.15) is 18.1 Å². The summed E-state index contributed by atoms with van der Waals surface area (Å²) in [6.07, 6.45) is -0.566. The number of carbonyl (C=O) groups excluding carboxylic acids is 1. The number of thiocarbonyl (C=S) groups is 1. The Bertz CT molecular complexity index is 465. The molecule has 0 aliphatic rings. The first-order valence-corrected chi connectivity index (χ1v) is 5.75. The number of hydrogen-bond donors (Lipinski definition) is 2. The van der Waals surface area contributed by atoms with Crippen molar-refractivity contribution in [1.29, 1.82) is 0 Å². The fourth-order valence-electron chi connectivity index (χ4n) is 1.28. The maximum absolute atomic E-state index is 13.6. The molecule has 0 saturated carbocycles. The van der Waals surface area contributed by atoms with E-state index in [0.29, 0.717) is 11.1 Å². The van der Waals surface area contributed by atoms with Crippen molar-refractivity contribution >= 4 is 23.1 Å². The molecule has 6 heteroatoms. The van der Waals surface area contributed by atoms with Crippen LogP contribution in [0.15, 0.2) is 18.2 Å². The zero-order valence-electron chi connectivity index (χ0n) is 10.2. The van der Waals surface area contributed by atoms with Gasteiger partial charge >= 0.3 is 0 Å². The van der Waals surface area contributed by atoms with E-state index in [9.17, 15) is 9.18 Å². The van der Waals surface area contributed by atoms with Crippen molar-refractivity contribution in [1.82, 2.24) is 5.32 Å². The Morgan fingerprint density at radius 2 is 2.28 bits per heavy atom. The third-order valence-electron chi connectivity index (χ3n) is 2.51. The van der Waals surface area contributed by atoms with Crippen LogP contribution >= 0.6 is 12.2 Å². The van der Waals surface area contributed by atoms with Crippen LogP contribution in [0.3, 0.4) is 0 Å². The molecule has 98 valence electrons. The Kier molecular flexibility index (Phi) is 5.18. The quantitative estimate of drug-likeness (QED) is 0.787. The van der Waals surface area contributed by atoms with Gasteiger partial charge < -0.3 is 15.8 Å². The first-order valence-electron chi connectivity index (χ1n) is 5.34. The highest BCUT2D eigenvalue weighted by Gasteiger charge is 2.12. The molecule has 0 spiro atoms. The summed E-state index contributed by atoms with van der Waals surface area (Å²) in [5.41, 5.74) is 6.22. The molecule has 3 N–H and O–H groups in total. The lowest BCUT2D eigenvalue weighted by molar-refractivity contribution is -0.130. The third-order valence-corrected chi connectivity index (χ3v) is 2.75. The minimum atomic E-state index is -0.566. The van der Waals surface area contributed by atoms with Gasteiger partial charge in [0.05, 0.1) is 0 Å². The SMILES string of the molecule is COC(C)C(=O)NCc1ccc(C(N)=S)cc1F. The standard InChI is InChI=1S/C12H15FN2O2S/c1-7(17-2)12(16)15-6-9-4-3-8(11(14)18)5-10(9)13/h3-5,7H,6H2,1-2H3,(H2,14,18)(H,15,16). The highest BCUT2D eigenvalue weighted by atomic mass is 32.1. The van der Waals surface area contributed by atoms with E-state index < -0.39 is 11.9 Å². The van der Waals surface area contributed by atoms with E-state index in [4.69, 9.17) is 22.7 Å². The molecule has 0 aliphatic carbocycles. The number of nitrogens with two attached hydrogens (primary N) is 1. The number of nitrogens with one attached hydrogen (secondary N) is 1. The fourth-order valence-corrected chi connectivity index (χ4v) is 1.40. The van der Waals surface area contributed by atoms with Gasteiger partial charge in [0.2, 0.25) is 5.91 Å². The maximum atomic E-state index is 13.6. The summed E-state index contributed by atoms with van der Waals surface area (Å²) in [5, 5.41) is 2.57. The van der Waals surface area contributed by atoms with Crippen molar-refractivity contribution in [2.75, 3.05) is 7.11 Å². The third kappa shape index (κ3) is 3.75. The number of amides is 1. The Hall–Kier alpha value is -1.53. The summed E-state index contributed by atoms with van der Waals surface area (Å²) in [6.45, 7) is 1.71. The molecule has 0 fully saturated rings. The molecule has 0 radical (unpaired) electrons. The van der Waals surface area contributed by atoms with Crippen LogP contribution in [0.5, 0.6) is 0 Å². The van der Waals surface area contributed by atoms with Crippen molar-refractivity contribution in [3.63, 3.8) is 0 Å². The van der Waals surface area contributed by atoms with E-state index in [1.807, 2.05) is 0 Å². The van der Waals surface area contributed by atoms with E-state index >= 15 is 0 Å². The van der Waals surface area contributed by atoms with Gasteiger partial charge in [0.25, 0.3) is 0 Å². The van der Waals surface area contributed by atoms with Gasteiger partial charge in [0, 0.05) is 24.8 Å². The van der Waals surface area contributed by atoms with E-state index in [2.05, 4.69) is 5.32 Å². The molecule has 0 heterocycles. The summed E-state index contributed by atoms with van der Waals surface area (Å²) in [4.78, 5) is 11.6. The van der Waals surface area contributed by atoms with Crippen LogP contribution in [0.2, 0.25) is 0 Å². The van der Waals surface area contributed by atoms with Crippen LogP contribution < -0.4 is 11.1 Å². The van der Waals surface area contributed by atoms with Crippen molar-refractivity contribution in [3.05, 3.63) is 35.1 Å². The maximum Gasteiger partial charge on any atom is 0.249 e. The van der Waals surface area contributed by atoms with Gasteiger partial charge in [-0.3, -0.25) is 4.79 Å². The van der Waals surface area contributed by atoms with E-state index in [1.165, 1.54) is 13.2 Å². The molecule has 0 aromatic heterocycles. The van der Waals surface area contributed by atoms with E-state index in [0.717, 1.165) is 0 Å². The Morgan fingerprint density at radius 3 is 2.78 bits per heavy atom. The lowest BCUT2D eigenvalue weighted by Gasteiger charge is -2.11. The highest BCUT2D eigenvalue weighted by Crippen LogP contribution is 2.10. The molecular weight excluding hydrogens is 255 g/mol. The molecule has 18 heavy (non-hydrogen) atoms. The minimum Gasteiger partial charge on any atom is -0.389 e. The second-order valence-electron chi connectivity index (χ2n) is 3.77. The van der Waals surface area contributed by atoms with Gasteiger partial charge in [0.1, 0.15) is 16.9 Å². The molecule has 1 atom stereocenters. The number of ether oxygens (including phenoxy) is 1. The van der Waals surface area contributed by atoms with Crippen LogP contribution in [0, 0.1) is 5.82 Å². The monoisotopic (exact) mass is 270 g/mol. The van der Waals surface area contributed by atoms with Gasteiger partial charge in [-0.25, -0.2) is 4.39 Å². The first-order chi connectivity index (χ1) is 8.45. The normalized spacial score (nSPS) is 11.9.